The summed E-state index contributed by atoms with van der Waals surface area (Å²) in [7, 11) is 0. The van der Waals surface area contributed by atoms with Crippen molar-refractivity contribution in [3.63, 3.8) is 0 Å². The monoisotopic (exact) mass is 400 g/mol. The van der Waals surface area contributed by atoms with Gasteiger partial charge >= 0.3 is 24.0 Å². The highest BCUT2D eigenvalue weighted by Crippen LogP contribution is 1.92. The van der Waals surface area contributed by atoms with Crippen LogP contribution >= 0.6 is 0 Å². The van der Waals surface area contributed by atoms with Gasteiger partial charge in [-0.25, -0.2) is 19.2 Å². The van der Waals surface area contributed by atoms with Crippen LogP contribution in [0.15, 0.2) is 12.2 Å². The zero-order valence-electron chi connectivity index (χ0n) is 17.3. The zero-order chi connectivity index (χ0) is 21.7. The molecule has 0 aliphatic carbocycles. The lowest BCUT2D eigenvalue weighted by atomic mass is 10.3. The van der Waals surface area contributed by atoms with E-state index < -0.39 is 24.0 Å². The quantitative estimate of drug-likeness (QED) is 0.317. The Balaban J connectivity index is 4.08. The lowest BCUT2D eigenvalue weighted by Gasteiger charge is -2.16. The Morgan fingerprint density at radius 2 is 0.964 bits per heavy atom. The van der Waals surface area contributed by atoms with Crippen LogP contribution in [-0.4, -0.2) is 61.4 Å². The summed E-state index contributed by atoms with van der Waals surface area (Å²) in [5, 5.41) is 10.5. The smallest absolute Gasteiger partial charge is 0.331 e. The molecule has 2 atom stereocenters. The van der Waals surface area contributed by atoms with Gasteiger partial charge < -0.3 is 30.7 Å². The number of amides is 4. The number of hydrogen-bond acceptors (Lipinski definition) is 6. The van der Waals surface area contributed by atoms with Crippen molar-refractivity contribution in [2.24, 2.45) is 0 Å². The van der Waals surface area contributed by atoms with E-state index in [1.165, 1.54) is 0 Å². The van der Waals surface area contributed by atoms with Gasteiger partial charge in [-0.3, -0.25) is 0 Å². The summed E-state index contributed by atoms with van der Waals surface area (Å²) in [5.74, 6) is -1.48. The van der Waals surface area contributed by atoms with Crippen LogP contribution in [0.1, 0.15) is 41.5 Å². The van der Waals surface area contributed by atoms with E-state index >= 15 is 0 Å². The highest BCUT2D eigenvalue weighted by molar-refractivity contribution is 5.91. The van der Waals surface area contributed by atoms with Crippen molar-refractivity contribution in [2.75, 3.05) is 13.2 Å². The fourth-order valence-electron chi connectivity index (χ4n) is 1.79. The van der Waals surface area contributed by atoms with Crippen molar-refractivity contribution in [3.8, 4) is 0 Å². The van der Waals surface area contributed by atoms with E-state index in [4.69, 9.17) is 9.47 Å². The predicted octanol–water partition coefficient (Wildman–Crippen LogP) is 0.821. The molecule has 0 aromatic heterocycles. The molecule has 0 radical (unpaired) electrons. The third-order valence-corrected chi connectivity index (χ3v) is 2.90. The standard InChI is InChI=1S/C18H32N4O6/c1-11(2)19-17(25)21-13(5)9-27-15(23)7-8-16(24)28-10-14(6)22-18(26)20-12(3)4/h7-8,11-14H,9-10H2,1-6H3,(H2,19,21,25)(H2,20,22,26)/b8-7+/t13-,14-/m0/s1. The molecule has 0 heterocycles. The minimum atomic E-state index is -0.739. The number of carbonyl (C=O) groups is 4. The van der Waals surface area contributed by atoms with Crippen molar-refractivity contribution in [1.29, 1.82) is 0 Å². The molecule has 28 heavy (non-hydrogen) atoms. The third-order valence-electron chi connectivity index (χ3n) is 2.90. The molecule has 10 heteroatoms. The van der Waals surface area contributed by atoms with Crippen LogP contribution in [0.25, 0.3) is 0 Å². The summed E-state index contributed by atoms with van der Waals surface area (Å²) < 4.78 is 9.87. The SMILES string of the molecule is CC(C)NC(=O)N[C@@H](C)COC(=O)/C=C/C(=O)OC[C@H](C)NC(=O)NC(C)C. The van der Waals surface area contributed by atoms with Gasteiger partial charge in [-0.15, -0.1) is 0 Å². The molecule has 4 amide bonds. The summed E-state index contributed by atoms with van der Waals surface area (Å²) in [6.45, 7) is 10.6. The molecule has 0 aromatic rings. The molecule has 0 bridgehead atoms. The Morgan fingerprint density at radius 1 is 0.643 bits per heavy atom. The zero-order valence-corrected chi connectivity index (χ0v) is 17.3. The van der Waals surface area contributed by atoms with E-state index in [-0.39, 0.29) is 37.4 Å². The van der Waals surface area contributed by atoms with Gasteiger partial charge in [0, 0.05) is 24.2 Å². The molecule has 0 fully saturated rings. The molecule has 10 nitrogen and oxygen atoms in total. The molecule has 0 aliphatic heterocycles. The first-order valence-electron chi connectivity index (χ1n) is 9.15. The second-order valence-electron chi connectivity index (χ2n) is 6.94. The minimum Gasteiger partial charge on any atom is -0.460 e. The molecule has 0 aromatic carbocycles. The minimum absolute atomic E-state index is 0.00814. The van der Waals surface area contributed by atoms with Crippen LogP contribution in [0.2, 0.25) is 0 Å². The molecule has 0 rings (SSSR count). The summed E-state index contributed by atoms with van der Waals surface area (Å²) in [6.07, 6.45) is 1.87. The van der Waals surface area contributed by atoms with Crippen LogP contribution in [0.4, 0.5) is 9.59 Å². The van der Waals surface area contributed by atoms with E-state index in [1.54, 1.807) is 13.8 Å². The Labute approximate surface area is 165 Å². The molecule has 0 saturated carbocycles. The van der Waals surface area contributed by atoms with Gasteiger partial charge in [0.05, 0.1) is 12.1 Å². The van der Waals surface area contributed by atoms with Crippen molar-refractivity contribution < 1.29 is 28.7 Å². The summed E-state index contributed by atoms with van der Waals surface area (Å²) in [6, 6.07) is -1.53. The lowest BCUT2D eigenvalue weighted by Crippen LogP contribution is -2.45. The lowest BCUT2D eigenvalue weighted by molar-refractivity contribution is -0.141. The second kappa shape index (κ2) is 13.4. The van der Waals surface area contributed by atoms with E-state index in [0.717, 1.165) is 12.2 Å². The van der Waals surface area contributed by atoms with Crippen molar-refractivity contribution >= 4 is 24.0 Å². The molecule has 0 unspecified atom stereocenters. The number of ether oxygens (including phenoxy) is 2. The number of esters is 2. The van der Waals surface area contributed by atoms with Gasteiger partial charge in [0.15, 0.2) is 0 Å². The third kappa shape index (κ3) is 14.4. The first kappa shape index (κ1) is 25.2. The molecule has 4 N–H and O–H groups in total. The van der Waals surface area contributed by atoms with Gasteiger partial charge in [0.2, 0.25) is 0 Å². The Bertz CT molecular complexity index is 514. The van der Waals surface area contributed by atoms with Gasteiger partial charge in [0.1, 0.15) is 13.2 Å². The summed E-state index contributed by atoms with van der Waals surface area (Å²) in [5.41, 5.74) is 0. The Hall–Kier alpha value is -2.78. The molecular weight excluding hydrogens is 368 g/mol. The van der Waals surface area contributed by atoms with E-state index in [2.05, 4.69) is 21.3 Å². The average molecular weight is 400 g/mol. The fraction of sp³-hybridized carbons (Fsp3) is 0.667. The fourth-order valence-corrected chi connectivity index (χ4v) is 1.79. The largest absolute Gasteiger partial charge is 0.460 e. The van der Waals surface area contributed by atoms with Gasteiger partial charge in [-0.2, -0.15) is 0 Å². The number of hydrogen-bond donors (Lipinski definition) is 4. The van der Waals surface area contributed by atoms with Gasteiger partial charge in [-0.1, -0.05) is 0 Å². The number of carbonyl (C=O) groups excluding carboxylic acids is 4. The number of urea groups is 2. The molecule has 160 valence electrons. The molecular formula is C18H32N4O6. The maximum atomic E-state index is 11.6. The second-order valence-corrected chi connectivity index (χ2v) is 6.94. The topological polar surface area (TPSA) is 135 Å². The van der Waals surface area contributed by atoms with Crippen molar-refractivity contribution in [3.05, 3.63) is 12.2 Å². The van der Waals surface area contributed by atoms with Crippen molar-refractivity contribution in [1.82, 2.24) is 21.3 Å². The molecule has 0 spiro atoms. The van der Waals surface area contributed by atoms with Crippen molar-refractivity contribution in [2.45, 2.75) is 65.7 Å². The van der Waals surface area contributed by atoms with Crippen LogP contribution < -0.4 is 21.3 Å². The highest BCUT2D eigenvalue weighted by Gasteiger charge is 2.11. The molecule has 0 aliphatic rings. The van der Waals surface area contributed by atoms with Crippen LogP contribution in [0.5, 0.6) is 0 Å². The average Bonchev–Trinajstić information content (AvgIpc) is 2.54. The first-order valence-corrected chi connectivity index (χ1v) is 9.15. The Morgan fingerprint density at radius 3 is 1.25 bits per heavy atom. The Kier molecular flexibility index (Phi) is 12.1. The highest BCUT2D eigenvalue weighted by atomic mass is 16.5. The van der Waals surface area contributed by atoms with Crippen LogP contribution in [0, 0.1) is 0 Å². The predicted molar refractivity (Wildman–Crippen MR) is 104 cm³/mol. The number of rotatable bonds is 10. The van der Waals surface area contributed by atoms with Gasteiger partial charge in [0.25, 0.3) is 0 Å². The summed E-state index contributed by atoms with van der Waals surface area (Å²) in [4.78, 5) is 46.2. The van der Waals surface area contributed by atoms with Crippen LogP contribution in [-0.2, 0) is 19.1 Å². The van der Waals surface area contributed by atoms with E-state index in [9.17, 15) is 19.2 Å². The molecule has 0 saturated heterocycles. The normalized spacial score (nSPS) is 13.0. The van der Waals surface area contributed by atoms with E-state index in [1.807, 2.05) is 27.7 Å². The van der Waals surface area contributed by atoms with E-state index in [0.29, 0.717) is 0 Å². The summed E-state index contributed by atoms with van der Waals surface area (Å²) >= 11 is 0. The number of nitrogens with one attached hydrogen (secondary N) is 4. The first-order chi connectivity index (χ1) is 13.0. The van der Waals surface area contributed by atoms with Gasteiger partial charge in [-0.05, 0) is 41.5 Å². The maximum Gasteiger partial charge on any atom is 0.331 e. The van der Waals surface area contributed by atoms with Crippen LogP contribution in [0.3, 0.4) is 0 Å². The maximum absolute atomic E-state index is 11.6.